The Kier molecular flexibility index (Phi) is 4.88. The molecule has 2 heteroatoms. The summed E-state index contributed by atoms with van der Waals surface area (Å²) in [6.07, 6.45) is 0. The third-order valence-electron chi connectivity index (χ3n) is 1.60. The summed E-state index contributed by atoms with van der Waals surface area (Å²) < 4.78 is 0. The highest BCUT2D eigenvalue weighted by atomic mass is 32.2. The van der Waals surface area contributed by atoms with Crippen LogP contribution in [0.15, 0.2) is 36.4 Å². The Bertz CT molecular complexity index is 156. The van der Waals surface area contributed by atoms with Gasteiger partial charge in [-0.05, 0) is 7.05 Å². The first-order chi connectivity index (χ1) is 5.89. The smallest absolute Gasteiger partial charge is 0.0442 e. The van der Waals surface area contributed by atoms with Crippen LogP contribution in [0.1, 0.15) is 0 Å². The minimum absolute atomic E-state index is 1.24. The van der Waals surface area contributed by atoms with Crippen LogP contribution in [0.2, 0.25) is 0 Å². The van der Waals surface area contributed by atoms with Gasteiger partial charge in [0.2, 0.25) is 0 Å². The van der Waals surface area contributed by atoms with E-state index in [0.29, 0.717) is 0 Å². The second kappa shape index (κ2) is 6.09. The van der Waals surface area contributed by atoms with Crippen molar-refractivity contribution in [1.29, 1.82) is 0 Å². The Labute approximate surface area is 78.8 Å². The van der Waals surface area contributed by atoms with E-state index in [2.05, 4.69) is 11.9 Å². The van der Waals surface area contributed by atoms with Crippen molar-refractivity contribution < 1.29 is 0 Å². The van der Waals surface area contributed by atoms with Gasteiger partial charge in [-0.3, -0.25) is 4.90 Å². The summed E-state index contributed by atoms with van der Waals surface area (Å²) in [4.78, 5) is 2.32. The van der Waals surface area contributed by atoms with Gasteiger partial charge in [-0.25, -0.2) is 0 Å². The van der Waals surface area contributed by atoms with Gasteiger partial charge in [0.25, 0.3) is 0 Å². The fraction of sp³-hybridized carbons (Fsp3) is 0.400. The van der Waals surface area contributed by atoms with Crippen LogP contribution in [0, 0.1) is 0 Å². The molecule has 0 aromatic heterocycles. The molecule has 0 aliphatic carbocycles. The molecule has 0 saturated carbocycles. The second-order valence-electron chi connectivity index (χ2n) is 2.77. The number of hydrogen-bond acceptors (Lipinski definition) is 2. The van der Waals surface area contributed by atoms with E-state index in [1.54, 1.807) is 0 Å². The van der Waals surface area contributed by atoms with Crippen LogP contribution in [0.4, 0.5) is 0 Å². The highest BCUT2D eigenvalue weighted by Crippen LogP contribution is 2.09. The van der Waals surface area contributed by atoms with Crippen molar-refractivity contribution in [1.82, 2.24) is 4.90 Å². The van der Waals surface area contributed by atoms with E-state index in [1.807, 2.05) is 48.2 Å². The number of nitrogens with zero attached hydrogens (tertiary/aromatic N) is 1. The van der Waals surface area contributed by atoms with E-state index in [4.69, 9.17) is 0 Å². The molecule has 1 fully saturated rings. The van der Waals surface area contributed by atoms with Crippen molar-refractivity contribution in [2.24, 2.45) is 0 Å². The van der Waals surface area contributed by atoms with Crippen molar-refractivity contribution in [2.75, 3.05) is 25.2 Å². The first-order valence-corrected chi connectivity index (χ1v) is 5.31. The minimum atomic E-state index is 1.24. The van der Waals surface area contributed by atoms with Crippen LogP contribution in [0.5, 0.6) is 0 Å². The van der Waals surface area contributed by atoms with Gasteiger partial charge in [0.1, 0.15) is 0 Å². The second-order valence-corrected chi connectivity index (χ2v) is 3.85. The largest absolute Gasteiger partial charge is 0.296 e. The molecule has 1 heterocycles. The average Bonchev–Trinajstić information content (AvgIpc) is 2.60. The van der Waals surface area contributed by atoms with E-state index in [1.165, 1.54) is 18.2 Å². The molecular weight excluding hydrogens is 166 g/mol. The van der Waals surface area contributed by atoms with Crippen LogP contribution in [0.25, 0.3) is 0 Å². The lowest BCUT2D eigenvalue weighted by Crippen LogP contribution is -2.11. The quantitative estimate of drug-likeness (QED) is 0.604. The van der Waals surface area contributed by atoms with E-state index in [0.717, 1.165) is 0 Å². The molecule has 1 aromatic rings. The Balaban J connectivity index is 0.000000120. The molecule has 0 amide bonds. The van der Waals surface area contributed by atoms with E-state index >= 15 is 0 Å². The molecule has 1 nitrogen and oxygen atoms in total. The summed E-state index contributed by atoms with van der Waals surface area (Å²) in [6.45, 7) is 1.28. The number of rotatable bonds is 0. The van der Waals surface area contributed by atoms with Gasteiger partial charge in [-0.15, -0.1) is 11.8 Å². The minimum Gasteiger partial charge on any atom is -0.296 e. The number of benzene rings is 1. The number of hydrogen-bond donors (Lipinski definition) is 0. The molecule has 1 aliphatic rings. The molecule has 0 atom stereocenters. The van der Waals surface area contributed by atoms with E-state index in [9.17, 15) is 0 Å². The molecule has 0 N–H and O–H groups in total. The lowest BCUT2D eigenvalue weighted by atomic mass is 10.4. The topological polar surface area (TPSA) is 3.24 Å². The normalized spacial score (nSPS) is 16.8. The molecule has 12 heavy (non-hydrogen) atoms. The summed E-state index contributed by atoms with van der Waals surface area (Å²) in [6, 6.07) is 12.0. The lowest BCUT2D eigenvalue weighted by Gasteiger charge is -1.99. The van der Waals surface area contributed by atoms with Gasteiger partial charge in [-0.1, -0.05) is 36.4 Å². The van der Waals surface area contributed by atoms with Gasteiger partial charge >= 0.3 is 0 Å². The Morgan fingerprint density at radius 2 is 1.50 bits per heavy atom. The lowest BCUT2D eigenvalue weighted by molar-refractivity contribution is 0.438. The molecule has 0 radical (unpaired) electrons. The molecule has 1 aliphatic heterocycles. The summed E-state index contributed by atoms with van der Waals surface area (Å²) in [5.74, 6) is 2.57. The summed E-state index contributed by atoms with van der Waals surface area (Å²) in [5, 5.41) is 0. The zero-order valence-electron chi connectivity index (χ0n) is 7.44. The predicted molar refractivity (Wildman–Crippen MR) is 56.4 cm³/mol. The van der Waals surface area contributed by atoms with E-state index < -0.39 is 0 Å². The maximum atomic E-state index is 2.32. The highest BCUT2D eigenvalue weighted by molar-refractivity contribution is 7.99. The summed E-state index contributed by atoms with van der Waals surface area (Å²) in [5.41, 5.74) is 0. The number of thioether (sulfide) groups is 1. The molecule has 66 valence electrons. The van der Waals surface area contributed by atoms with Crippen molar-refractivity contribution in [3.8, 4) is 0 Å². The fourth-order valence-corrected chi connectivity index (χ4v) is 1.90. The summed E-state index contributed by atoms with van der Waals surface area (Å²) >= 11 is 2.01. The van der Waals surface area contributed by atoms with Crippen molar-refractivity contribution in [2.45, 2.75) is 0 Å². The molecule has 1 saturated heterocycles. The SMILES string of the molecule is CN1CCSC1.c1ccccc1. The monoisotopic (exact) mass is 181 g/mol. The first kappa shape index (κ1) is 9.62. The van der Waals surface area contributed by atoms with Crippen molar-refractivity contribution in [3.05, 3.63) is 36.4 Å². The third-order valence-corrected chi connectivity index (χ3v) is 2.69. The zero-order valence-corrected chi connectivity index (χ0v) is 8.26. The van der Waals surface area contributed by atoms with Crippen LogP contribution in [-0.4, -0.2) is 30.1 Å². The van der Waals surface area contributed by atoms with Gasteiger partial charge in [-0.2, -0.15) is 0 Å². The van der Waals surface area contributed by atoms with Crippen LogP contribution in [0.3, 0.4) is 0 Å². The van der Waals surface area contributed by atoms with Crippen LogP contribution >= 0.6 is 11.8 Å². The Morgan fingerprint density at radius 1 is 1.00 bits per heavy atom. The zero-order chi connectivity index (χ0) is 8.65. The molecule has 0 bridgehead atoms. The first-order valence-electron chi connectivity index (χ1n) is 4.16. The predicted octanol–water partition coefficient (Wildman–Crippen LogP) is 2.31. The van der Waals surface area contributed by atoms with Crippen molar-refractivity contribution >= 4 is 11.8 Å². The molecule has 0 unspecified atom stereocenters. The van der Waals surface area contributed by atoms with Crippen LogP contribution < -0.4 is 0 Å². The molecule has 2 rings (SSSR count). The standard InChI is InChI=1S/C6H6.C4H9NS/c1-2-4-6-5-3-1;1-5-2-3-6-4-5/h1-6H;2-4H2,1H3. The summed E-state index contributed by atoms with van der Waals surface area (Å²) in [7, 11) is 2.15. The van der Waals surface area contributed by atoms with Crippen molar-refractivity contribution in [3.63, 3.8) is 0 Å². The maximum Gasteiger partial charge on any atom is 0.0442 e. The molecule has 0 spiro atoms. The third kappa shape index (κ3) is 4.42. The molecular formula is C10H15NS. The average molecular weight is 181 g/mol. The van der Waals surface area contributed by atoms with Crippen LogP contribution in [-0.2, 0) is 0 Å². The Morgan fingerprint density at radius 3 is 1.67 bits per heavy atom. The molecule has 1 aromatic carbocycles. The van der Waals surface area contributed by atoms with Gasteiger partial charge < -0.3 is 0 Å². The maximum absolute atomic E-state index is 2.32. The Hall–Kier alpha value is -0.470. The highest BCUT2D eigenvalue weighted by Gasteiger charge is 2.03. The van der Waals surface area contributed by atoms with E-state index in [-0.39, 0.29) is 0 Å². The fourth-order valence-electron chi connectivity index (χ4n) is 0.890. The van der Waals surface area contributed by atoms with Gasteiger partial charge in [0.05, 0.1) is 0 Å². The van der Waals surface area contributed by atoms with Gasteiger partial charge in [0.15, 0.2) is 0 Å². The van der Waals surface area contributed by atoms with Gasteiger partial charge in [0, 0.05) is 18.2 Å².